The first-order valence-electron chi connectivity index (χ1n) is 8.56. The van der Waals surface area contributed by atoms with Crippen LogP contribution in [0.3, 0.4) is 0 Å². The lowest BCUT2D eigenvalue weighted by atomic mass is 10.1. The predicted molar refractivity (Wildman–Crippen MR) is 106 cm³/mol. The van der Waals surface area contributed by atoms with E-state index in [1.807, 2.05) is 19.1 Å². The molecular weight excluding hydrogens is 312 g/mol. The average Bonchev–Trinajstić information content (AvgIpc) is 2.63. The van der Waals surface area contributed by atoms with Gasteiger partial charge in [-0.2, -0.15) is 0 Å². The quantitative estimate of drug-likeness (QED) is 0.712. The number of pyridine rings is 1. The highest BCUT2D eigenvalue weighted by Gasteiger charge is 2.10. The predicted octanol–water partition coefficient (Wildman–Crippen LogP) is 4.09. The highest BCUT2D eigenvalue weighted by atomic mass is 16.1. The number of carbonyl (C=O) groups excluding carboxylic acids is 1. The third kappa shape index (κ3) is 4.83. The van der Waals surface area contributed by atoms with Crippen molar-refractivity contribution in [2.24, 2.45) is 0 Å². The largest absolute Gasteiger partial charge is 0.372 e. The van der Waals surface area contributed by atoms with E-state index in [0.717, 1.165) is 30.2 Å². The first kappa shape index (κ1) is 18.5. The van der Waals surface area contributed by atoms with Gasteiger partial charge in [-0.05, 0) is 56.7 Å². The van der Waals surface area contributed by atoms with E-state index in [4.69, 9.17) is 0 Å². The van der Waals surface area contributed by atoms with Crippen molar-refractivity contribution in [3.05, 3.63) is 60.3 Å². The summed E-state index contributed by atoms with van der Waals surface area (Å²) in [5.41, 5.74) is 3.54. The van der Waals surface area contributed by atoms with Gasteiger partial charge in [-0.15, -0.1) is 6.58 Å². The molecule has 0 saturated carbocycles. The Morgan fingerprint density at radius 3 is 2.56 bits per heavy atom. The monoisotopic (exact) mass is 338 g/mol. The maximum absolute atomic E-state index is 12.4. The van der Waals surface area contributed by atoms with Crippen molar-refractivity contribution in [3.63, 3.8) is 0 Å². The minimum atomic E-state index is -0.165. The minimum Gasteiger partial charge on any atom is -0.372 e. The van der Waals surface area contributed by atoms with Gasteiger partial charge in [0.1, 0.15) is 5.82 Å². The first-order chi connectivity index (χ1) is 12.1. The van der Waals surface area contributed by atoms with Crippen LogP contribution in [0.1, 0.15) is 29.8 Å². The summed E-state index contributed by atoms with van der Waals surface area (Å²) in [6.07, 6.45) is 3.33. The van der Waals surface area contributed by atoms with E-state index >= 15 is 0 Å². The Morgan fingerprint density at radius 1 is 1.24 bits per heavy atom. The van der Waals surface area contributed by atoms with Crippen LogP contribution >= 0.6 is 0 Å². The summed E-state index contributed by atoms with van der Waals surface area (Å²) in [6, 6.07) is 9.63. The Bertz CT molecular complexity index is 721. The van der Waals surface area contributed by atoms with Crippen molar-refractivity contribution in [2.45, 2.75) is 20.8 Å². The molecule has 1 heterocycles. The summed E-state index contributed by atoms with van der Waals surface area (Å²) >= 11 is 0. The second-order valence-corrected chi connectivity index (χ2v) is 5.73. The number of hydrogen-bond donors (Lipinski definition) is 2. The Hall–Kier alpha value is -2.82. The minimum absolute atomic E-state index is 0.165. The maximum Gasteiger partial charge on any atom is 0.257 e. The highest BCUT2D eigenvalue weighted by Crippen LogP contribution is 2.23. The fourth-order valence-corrected chi connectivity index (χ4v) is 2.58. The number of carbonyl (C=O) groups is 1. The molecule has 0 aliphatic heterocycles. The third-order valence-electron chi connectivity index (χ3n) is 4.04. The van der Waals surface area contributed by atoms with Crippen molar-refractivity contribution in [3.8, 4) is 0 Å². The summed E-state index contributed by atoms with van der Waals surface area (Å²) in [4.78, 5) is 18.9. The third-order valence-corrected chi connectivity index (χ3v) is 4.04. The number of nitrogens with one attached hydrogen (secondary N) is 2. The Balaban J connectivity index is 2.08. The molecule has 0 saturated heterocycles. The molecule has 0 radical (unpaired) electrons. The number of nitrogens with zero attached hydrogens (tertiary/aromatic N) is 2. The summed E-state index contributed by atoms with van der Waals surface area (Å²) in [5.74, 6) is 0.553. The number of benzene rings is 1. The Labute approximate surface area is 149 Å². The second kappa shape index (κ2) is 8.87. The number of amides is 1. The fraction of sp³-hybridized carbons (Fsp3) is 0.300. The number of hydrogen-bond acceptors (Lipinski definition) is 4. The molecule has 0 aliphatic carbocycles. The van der Waals surface area contributed by atoms with Gasteiger partial charge in [0.25, 0.3) is 5.91 Å². The highest BCUT2D eigenvalue weighted by molar-refractivity contribution is 6.04. The summed E-state index contributed by atoms with van der Waals surface area (Å²) in [7, 11) is 0. The SMILES string of the molecule is C=CCNc1ccc(C(=O)Nc2ccc(N(CC)CC)cc2C)cn1. The van der Waals surface area contributed by atoms with E-state index in [9.17, 15) is 4.79 Å². The van der Waals surface area contributed by atoms with Crippen molar-refractivity contribution < 1.29 is 4.79 Å². The molecule has 0 fully saturated rings. The van der Waals surface area contributed by atoms with E-state index in [1.54, 1.807) is 24.4 Å². The summed E-state index contributed by atoms with van der Waals surface area (Å²) in [6.45, 7) is 12.5. The van der Waals surface area contributed by atoms with Gasteiger partial charge < -0.3 is 15.5 Å². The van der Waals surface area contributed by atoms with Crippen molar-refractivity contribution >= 4 is 23.1 Å². The van der Waals surface area contributed by atoms with Crippen LogP contribution in [0, 0.1) is 6.92 Å². The topological polar surface area (TPSA) is 57.3 Å². The van der Waals surface area contributed by atoms with Crippen LogP contribution in [0.25, 0.3) is 0 Å². The number of aryl methyl sites for hydroxylation is 1. The zero-order chi connectivity index (χ0) is 18.2. The normalized spacial score (nSPS) is 10.2. The molecule has 2 rings (SSSR count). The molecule has 0 spiro atoms. The molecule has 25 heavy (non-hydrogen) atoms. The maximum atomic E-state index is 12.4. The van der Waals surface area contributed by atoms with E-state index in [2.05, 4.69) is 47.0 Å². The summed E-state index contributed by atoms with van der Waals surface area (Å²) in [5, 5.41) is 6.04. The van der Waals surface area contributed by atoms with E-state index in [1.165, 1.54) is 5.69 Å². The van der Waals surface area contributed by atoms with Crippen LogP contribution in [0.4, 0.5) is 17.2 Å². The molecule has 2 aromatic rings. The molecular formula is C20H26N4O. The van der Waals surface area contributed by atoms with E-state index < -0.39 is 0 Å². The van der Waals surface area contributed by atoms with Gasteiger partial charge in [-0.1, -0.05) is 6.08 Å². The molecule has 1 amide bonds. The van der Waals surface area contributed by atoms with Crippen LogP contribution in [0.5, 0.6) is 0 Å². The van der Waals surface area contributed by atoms with Crippen LogP contribution < -0.4 is 15.5 Å². The van der Waals surface area contributed by atoms with Crippen molar-refractivity contribution in [1.82, 2.24) is 4.98 Å². The molecule has 5 heteroatoms. The lowest BCUT2D eigenvalue weighted by Gasteiger charge is -2.22. The van der Waals surface area contributed by atoms with Crippen LogP contribution in [-0.2, 0) is 0 Å². The number of aromatic nitrogens is 1. The van der Waals surface area contributed by atoms with Gasteiger partial charge in [0.05, 0.1) is 5.56 Å². The lowest BCUT2D eigenvalue weighted by molar-refractivity contribution is 0.102. The molecule has 5 nitrogen and oxygen atoms in total. The van der Waals surface area contributed by atoms with Gasteiger partial charge in [-0.25, -0.2) is 4.98 Å². The number of rotatable bonds is 8. The Kier molecular flexibility index (Phi) is 6.57. The van der Waals surface area contributed by atoms with E-state index in [0.29, 0.717) is 12.1 Å². The zero-order valence-corrected chi connectivity index (χ0v) is 15.2. The lowest BCUT2D eigenvalue weighted by Crippen LogP contribution is -2.22. The van der Waals surface area contributed by atoms with E-state index in [-0.39, 0.29) is 5.91 Å². The molecule has 0 aliphatic rings. The molecule has 2 N–H and O–H groups in total. The molecule has 1 aromatic heterocycles. The van der Waals surface area contributed by atoms with Crippen LogP contribution in [0.15, 0.2) is 49.2 Å². The second-order valence-electron chi connectivity index (χ2n) is 5.73. The van der Waals surface area contributed by atoms with Crippen LogP contribution in [0.2, 0.25) is 0 Å². The molecule has 0 bridgehead atoms. The fourth-order valence-electron chi connectivity index (χ4n) is 2.58. The van der Waals surface area contributed by atoms with Crippen LogP contribution in [-0.4, -0.2) is 30.5 Å². The summed E-state index contributed by atoms with van der Waals surface area (Å²) < 4.78 is 0. The average molecular weight is 338 g/mol. The van der Waals surface area contributed by atoms with Crippen molar-refractivity contribution in [1.29, 1.82) is 0 Å². The standard InChI is InChI=1S/C20H26N4O/c1-5-12-21-19-11-8-16(14-22-19)20(25)23-18-10-9-17(13-15(18)4)24(6-2)7-3/h5,8-11,13-14H,1,6-7,12H2,2-4H3,(H,21,22)(H,23,25). The molecule has 0 atom stereocenters. The van der Waals surface area contributed by atoms with Gasteiger partial charge >= 0.3 is 0 Å². The smallest absolute Gasteiger partial charge is 0.257 e. The molecule has 1 aromatic carbocycles. The van der Waals surface area contributed by atoms with Crippen molar-refractivity contribution in [2.75, 3.05) is 35.2 Å². The molecule has 132 valence electrons. The zero-order valence-electron chi connectivity index (χ0n) is 15.2. The van der Waals surface area contributed by atoms with Gasteiger partial charge in [0.15, 0.2) is 0 Å². The van der Waals surface area contributed by atoms with Gasteiger partial charge in [0, 0.05) is 37.2 Å². The molecule has 0 unspecified atom stereocenters. The first-order valence-corrected chi connectivity index (χ1v) is 8.56. The number of anilines is 3. The van der Waals surface area contributed by atoms with Gasteiger partial charge in [-0.3, -0.25) is 4.79 Å². The Morgan fingerprint density at radius 2 is 2.00 bits per heavy atom. The van der Waals surface area contributed by atoms with Gasteiger partial charge in [0.2, 0.25) is 0 Å².